The van der Waals surface area contributed by atoms with Crippen molar-refractivity contribution < 1.29 is 4.42 Å². The monoisotopic (exact) mass is 272 g/mol. The molecule has 5 heteroatoms. The maximum Gasteiger partial charge on any atom is 0.130 e. The van der Waals surface area contributed by atoms with Crippen LogP contribution in [0, 0.1) is 0 Å². The number of halogens is 2. The van der Waals surface area contributed by atoms with Crippen LogP contribution in [0.2, 0.25) is 5.02 Å². The number of nitrogens with one attached hydrogen (secondary N) is 1. The normalized spacial score (nSPS) is 10.1. The van der Waals surface area contributed by atoms with Crippen molar-refractivity contribution in [2.24, 2.45) is 0 Å². The van der Waals surface area contributed by atoms with Crippen LogP contribution in [0.4, 0.5) is 11.5 Å². The minimum atomic E-state index is 0.613. The van der Waals surface area contributed by atoms with Gasteiger partial charge in [-0.3, -0.25) is 0 Å². The largest absolute Gasteiger partial charge is 0.469 e. The molecule has 0 amide bonds. The van der Waals surface area contributed by atoms with Crippen molar-refractivity contribution in [2.45, 2.75) is 0 Å². The van der Waals surface area contributed by atoms with Crippen LogP contribution in [0.15, 0.2) is 39.7 Å². The first-order valence-electron chi connectivity index (χ1n) is 3.86. The van der Waals surface area contributed by atoms with Crippen LogP contribution in [-0.4, -0.2) is 4.98 Å². The van der Waals surface area contributed by atoms with Gasteiger partial charge in [0.2, 0.25) is 0 Å². The Morgan fingerprint density at radius 3 is 2.79 bits per heavy atom. The number of anilines is 2. The Kier molecular flexibility index (Phi) is 2.74. The molecule has 2 rings (SSSR count). The van der Waals surface area contributed by atoms with Gasteiger partial charge in [0.1, 0.15) is 18.3 Å². The average Bonchev–Trinajstić information content (AvgIpc) is 2.56. The summed E-state index contributed by atoms with van der Waals surface area (Å²) in [6.07, 6.45) is 4.77. The quantitative estimate of drug-likeness (QED) is 0.903. The molecule has 0 saturated heterocycles. The SMILES string of the molecule is Clc1ccc(Nc2cocc2Br)nc1. The summed E-state index contributed by atoms with van der Waals surface area (Å²) in [6.45, 7) is 0. The van der Waals surface area contributed by atoms with E-state index in [4.69, 9.17) is 16.0 Å². The van der Waals surface area contributed by atoms with E-state index in [1.807, 2.05) is 0 Å². The Bertz CT molecular complexity index is 427. The molecular formula is C9H6BrClN2O. The Morgan fingerprint density at radius 2 is 2.21 bits per heavy atom. The van der Waals surface area contributed by atoms with Crippen molar-refractivity contribution in [3.63, 3.8) is 0 Å². The smallest absolute Gasteiger partial charge is 0.130 e. The molecule has 0 radical (unpaired) electrons. The third-order valence-electron chi connectivity index (χ3n) is 1.60. The molecule has 2 heterocycles. The van der Waals surface area contributed by atoms with Crippen LogP contribution in [0.25, 0.3) is 0 Å². The fourth-order valence-electron chi connectivity index (χ4n) is 0.958. The first-order chi connectivity index (χ1) is 6.75. The van der Waals surface area contributed by atoms with E-state index in [0.717, 1.165) is 16.0 Å². The van der Waals surface area contributed by atoms with Crippen LogP contribution < -0.4 is 5.32 Å². The van der Waals surface area contributed by atoms with E-state index in [1.165, 1.54) is 0 Å². The lowest BCUT2D eigenvalue weighted by atomic mass is 10.4. The second-order valence-electron chi connectivity index (χ2n) is 2.62. The van der Waals surface area contributed by atoms with E-state index in [2.05, 4.69) is 26.2 Å². The molecule has 2 aromatic rings. The van der Waals surface area contributed by atoms with E-state index < -0.39 is 0 Å². The summed E-state index contributed by atoms with van der Waals surface area (Å²) in [4.78, 5) is 4.09. The highest BCUT2D eigenvalue weighted by Crippen LogP contribution is 2.25. The Hall–Kier alpha value is -1.000. The third kappa shape index (κ3) is 2.08. The Morgan fingerprint density at radius 1 is 1.36 bits per heavy atom. The summed E-state index contributed by atoms with van der Waals surface area (Å²) in [5, 5.41) is 3.68. The zero-order valence-electron chi connectivity index (χ0n) is 7.00. The van der Waals surface area contributed by atoms with Crippen molar-refractivity contribution in [1.29, 1.82) is 0 Å². The van der Waals surface area contributed by atoms with Crippen molar-refractivity contribution in [1.82, 2.24) is 4.98 Å². The van der Waals surface area contributed by atoms with Gasteiger partial charge in [0, 0.05) is 6.20 Å². The fourth-order valence-corrected chi connectivity index (χ4v) is 1.37. The van der Waals surface area contributed by atoms with Gasteiger partial charge < -0.3 is 9.73 Å². The van der Waals surface area contributed by atoms with Gasteiger partial charge in [-0.05, 0) is 28.1 Å². The van der Waals surface area contributed by atoms with E-state index in [0.29, 0.717) is 5.02 Å². The summed E-state index contributed by atoms with van der Waals surface area (Å²) in [6, 6.07) is 3.56. The third-order valence-corrected chi connectivity index (χ3v) is 2.44. The first-order valence-corrected chi connectivity index (χ1v) is 5.03. The molecule has 0 atom stereocenters. The number of pyridine rings is 1. The molecule has 0 spiro atoms. The molecule has 0 unspecified atom stereocenters. The van der Waals surface area contributed by atoms with Crippen molar-refractivity contribution >= 4 is 39.0 Å². The lowest BCUT2D eigenvalue weighted by molar-refractivity contribution is 0.567. The predicted octanol–water partition coefficient (Wildman–Crippen LogP) is 3.83. The van der Waals surface area contributed by atoms with Gasteiger partial charge in [-0.2, -0.15) is 0 Å². The molecule has 14 heavy (non-hydrogen) atoms. The van der Waals surface area contributed by atoms with Gasteiger partial charge in [-0.1, -0.05) is 11.6 Å². The Labute approximate surface area is 94.2 Å². The molecule has 0 aliphatic rings. The van der Waals surface area contributed by atoms with E-state index >= 15 is 0 Å². The van der Waals surface area contributed by atoms with E-state index in [-0.39, 0.29) is 0 Å². The zero-order valence-corrected chi connectivity index (χ0v) is 9.34. The first kappa shape index (κ1) is 9.55. The van der Waals surface area contributed by atoms with Crippen LogP contribution in [0.5, 0.6) is 0 Å². The molecule has 0 aromatic carbocycles. The molecule has 1 N–H and O–H groups in total. The highest BCUT2D eigenvalue weighted by atomic mass is 79.9. The molecule has 3 nitrogen and oxygen atoms in total. The van der Waals surface area contributed by atoms with E-state index in [9.17, 15) is 0 Å². The molecule has 72 valence electrons. The molecule has 0 aliphatic heterocycles. The fraction of sp³-hybridized carbons (Fsp3) is 0. The standard InChI is InChI=1S/C9H6BrClN2O/c10-7-4-14-5-8(7)13-9-2-1-6(11)3-12-9/h1-5H,(H,12,13). The summed E-state index contributed by atoms with van der Waals surface area (Å²) in [7, 11) is 0. The second-order valence-corrected chi connectivity index (χ2v) is 3.91. The highest BCUT2D eigenvalue weighted by molar-refractivity contribution is 9.10. The lowest BCUT2D eigenvalue weighted by Crippen LogP contribution is -1.91. The minimum absolute atomic E-state index is 0.613. The molecule has 0 saturated carbocycles. The summed E-state index contributed by atoms with van der Waals surface area (Å²) in [5.41, 5.74) is 0.833. The predicted molar refractivity (Wildman–Crippen MR) is 58.9 cm³/mol. The van der Waals surface area contributed by atoms with Crippen molar-refractivity contribution in [3.8, 4) is 0 Å². The number of aromatic nitrogens is 1. The number of nitrogens with zero attached hydrogens (tertiary/aromatic N) is 1. The number of hydrogen-bond acceptors (Lipinski definition) is 3. The van der Waals surface area contributed by atoms with Crippen LogP contribution in [0.3, 0.4) is 0 Å². The van der Waals surface area contributed by atoms with Gasteiger partial charge >= 0.3 is 0 Å². The van der Waals surface area contributed by atoms with Crippen molar-refractivity contribution in [2.75, 3.05) is 5.32 Å². The number of hydrogen-bond donors (Lipinski definition) is 1. The van der Waals surface area contributed by atoms with Gasteiger partial charge in [-0.25, -0.2) is 4.98 Å². The molecule has 0 aliphatic carbocycles. The summed E-state index contributed by atoms with van der Waals surface area (Å²) >= 11 is 9.03. The van der Waals surface area contributed by atoms with Gasteiger partial charge in [0.05, 0.1) is 15.2 Å². The van der Waals surface area contributed by atoms with Crippen LogP contribution >= 0.6 is 27.5 Å². The maximum atomic E-state index is 5.71. The van der Waals surface area contributed by atoms with Crippen molar-refractivity contribution in [3.05, 3.63) is 40.4 Å². The van der Waals surface area contributed by atoms with Crippen LogP contribution in [-0.2, 0) is 0 Å². The summed E-state index contributed by atoms with van der Waals surface area (Å²) in [5.74, 6) is 0.719. The molecule has 0 fully saturated rings. The minimum Gasteiger partial charge on any atom is -0.469 e. The number of rotatable bonds is 2. The van der Waals surface area contributed by atoms with Gasteiger partial charge in [0.25, 0.3) is 0 Å². The topological polar surface area (TPSA) is 38.1 Å². The van der Waals surface area contributed by atoms with E-state index in [1.54, 1.807) is 30.9 Å². The second kappa shape index (κ2) is 4.02. The average molecular weight is 274 g/mol. The highest BCUT2D eigenvalue weighted by Gasteiger charge is 2.02. The maximum absolute atomic E-state index is 5.71. The van der Waals surface area contributed by atoms with Gasteiger partial charge in [0.15, 0.2) is 0 Å². The van der Waals surface area contributed by atoms with Gasteiger partial charge in [-0.15, -0.1) is 0 Å². The molecular weight excluding hydrogens is 267 g/mol. The molecule has 0 bridgehead atoms. The molecule has 2 aromatic heterocycles. The lowest BCUT2D eigenvalue weighted by Gasteiger charge is -2.02. The van der Waals surface area contributed by atoms with Crippen LogP contribution in [0.1, 0.15) is 0 Å². The summed E-state index contributed by atoms with van der Waals surface area (Å²) < 4.78 is 5.83. The number of furan rings is 1. The Balaban J connectivity index is 2.19. The zero-order chi connectivity index (χ0) is 9.97.